The lowest BCUT2D eigenvalue weighted by molar-refractivity contribution is -0.0498. The highest BCUT2D eigenvalue weighted by Gasteiger charge is 2.24. The predicted octanol–water partition coefficient (Wildman–Crippen LogP) is 3.63. The van der Waals surface area contributed by atoms with Gasteiger partial charge in [0.2, 0.25) is 0 Å². The maximum atomic E-state index is 12.5. The highest BCUT2D eigenvalue weighted by molar-refractivity contribution is 7.92. The summed E-state index contributed by atoms with van der Waals surface area (Å²) < 4.78 is 56.0. The molecule has 0 radical (unpaired) electrons. The monoisotopic (exact) mass is 416 g/mol. The molecule has 1 amide bonds. The van der Waals surface area contributed by atoms with E-state index in [0.717, 1.165) is 31.0 Å². The number of sulfonamides is 1. The molecule has 1 fully saturated rings. The summed E-state index contributed by atoms with van der Waals surface area (Å²) in [7, 11) is -4.04. The molecule has 144 valence electrons. The van der Waals surface area contributed by atoms with E-state index in [1.165, 1.54) is 12.1 Å². The number of carbonyl (C=O) groups is 1. The minimum absolute atomic E-state index is 0.175. The van der Waals surface area contributed by atoms with Crippen LogP contribution in [0, 0.1) is 0 Å². The van der Waals surface area contributed by atoms with Crippen LogP contribution in [0.15, 0.2) is 47.4 Å². The molecule has 27 heavy (non-hydrogen) atoms. The molecule has 0 atom stereocenters. The van der Waals surface area contributed by atoms with Gasteiger partial charge in [0.25, 0.3) is 15.9 Å². The van der Waals surface area contributed by atoms with Crippen LogP contribution in [0.3, 0.4) is 0 Å². The number of rotatable bonds is 7. The van der Waals surface area contributed by atoms with E-state index in [0.29, 0.717) is 5.56 Å². The van der Waals surface area contributed by atoms with Crippen molar-refractivity contribution in [1.29, 1.82) is 0 Å². The van der Waals surface area contributed by atoms with Crippen molar-refractivity contribution < 1.29 is 26.7 Å². The van der Waals surface area contributed by atoms with Gasteiger partial charge in [-0.1, -0.05) is 17.7 Å². The maximum Gasteiger partial charge on any atom is 0.387 e. The first-order chi connectivity index (χ1) is 12.7. The molecule has 0 aliphatic heterocycles. The van der Waals surface area contributed by atoms with Crippen LogP contribution in [0.2, 0.25) is 5.02 Å². The molecule has 0 saturated heterocycles. The number of hydrogen-bond donors (Lipinski definition) is 2. The Kier molecular flexibility index (Phi) is 5.52. The first kappa shape index (κ1) is 19.4. The summed E-state index contributed by atoms with van der Waals surface area (Å²) in [5.41, 5.74) is 0.503. The van der Waals surface area contributed by atoms with Crippen molar-refractivity contribution >= 4 is 33.2 Å². The molecule has 2 aromatic carbocycles. The second-order valence-electron chi connectivity index (χ2n) is 5.90. The maximum absolute atomic E-state index is 12.5. The van der Waals surface area contributed by atoms with Crippen molar-refractivity contribution in [2.24, 2.45) is 0 Å². The summed E-state index contributed by atoms with van der Waals surface area (Å²) in [4.78, 5) is 11.8. The summed E-state index contributed by atoms with van der Waals surface area (Å²) in [6.07, 6.45) is 1.87. The van der Waals surface area contributed by atoms with Gasteiger partial charge in [0.1, 0.15) is 5.75 Å². The molecule has 1 aliphatic carbocycles. The molecule has 6 nitrogen and oxygen atoms in total. The highest BCUT2D eigenvalue weighted by atomic mass is 35.5. The molecule has 0 unspecified atom stereocenters. The number of nitrogens with one attached hydrogen (secondary N) is 2. The van der Waals surface area contributed by atoms with E-state index in [9.17, 15) is 22.0 Å². The summed E-state index contributed by atoms with van der Waals surface area (Å²) >= 11 is 5.80. The third-order valence-electron chi connectivity index (χ3n) is 3.72. The number of benzene rings is 2. The van der Waals surface area contributed by atoms with E-state index in [4.69, 9.17) is 11.6 Å². The zero-order valence-corrected chi connectivity index (χ0v) is 15.4. The van der Waals surface area contributed by atoms with Gasteiger partial charge < -0.3 is 10.1 Å². The van der Waals surface area contributed by atoms with E-state index in [2.05, 4.69) is 14.8 Å². The molecule has 0 spiro atoms. The van der Waals surface area contributed by atoms with E-state index >= 15 is 0 Å². The Labute approximate surface area is 159 Å². The Morgan fingerprint density at radius 3 is 2.56 bits per heavy atom. The second-order valence-corrected chi connectivity index (χ2v) is 7.99. The van der Waals surface area contributed by atoms with Crippen molar-refractivity contribution in [2.45, 2.75) is 30.4 Å². The van der Waals surface area contributed by atoms with Crippen LogP contribution >= 0.6 is 11.6 Å². The van der Waals surface area contributed by atoms with Gasteiger partial charge in [0, 0.05) is 17.3 Å². The fourth-order valence-corrected chi connectivity index (χ4v) is 3.64. The van der Waals surface area contributed by atoms with Gasteiger partial charge in [0.15, 0.2) is 0 Å². The van der Waals surface area contributed by atoms with Gasteiger partial charge in [-0.15, -0.1) is 0 Å². The number of anilines is 1. The summed E-state index contributed by atoms with van der Waals surface area (Å²) in [6.45, 7) is -3.08. The third-order valence-corrected chi connectivity index (χ3v) is 5.39. The zero-order chi connectivity index (χ0) is 19.6. The van der Waals surface area contributed by atoms with Crippen LogP contribution < -0.4 is 14.8 Å². The minimum atomic E-state index is -4.04. The SMILES string of the molecule is O=C(NC1CC1)c1cccc(NS(=O)(=O)c2ccc(OC(F)F)c(Cl)c2)c1. The molecule has 0 aromatic heterocycles. The van der Waals surface area contributed by atoms with E-state index in [1.807, 2.05) is 0 Å². The molecule has 0 bridgehead atoms. The number of amides is 1. The van der Waals surface area contributed by atoms with Gasteiger partial charge in [-0.05, 0) is 49.2 Å². The predicted molar refractivity (Wildman–Crippen MR) is 95.8 cm³/mol. The number of halogens is 3. The molecule has 0 heterocycles. The molecule has 3 rings (SSSR count). The lowest BCUT2D eigenvalue weighted by Crippen LogP contribution is -2.25. The highest BCUT2D eigenvalue weighted by Crippen LogP contribution is 2.29. The van der Waals surface area contributed by atoms with E-state index in [-0.39, 0.29) is 33.3 Å². The largest absolute Gasteiger partial charge is 0.433 e. The van der Waals surface area contributed by atoms with Crippen molar-refractivity contribution in [3.63, 3.8) is 0 Å². The normalized spacial score (nSPS) is 14.1. The topological polar surface area (TPSA) is 84.5 Å². The van der Waals surface area contributed by atoms with Crippen molar-refractivity contribution in [3.8, 4) is 5.75 Å². The molecular weight excluding hydrogens is 402 g/mol. The van der Waals surface area contributed by atoms with E-state index in [1.54, 1.807) is 12.1 Å². The van der Waals surface area contributed by atoms with Crippen LogP contribution in [-0.2, 0) is 10.0 Å². The molecular formula is C17H15ClF2N2O4S. The summed E-state index contributed by atoms with van der Waals surface area (Å²) in [6, 6.07) is 9.33. The molecule has 10 heteroatoms. The first-order valence-electron chi connectivity index (χ1n) is 7.93. The fourth-order valence-electron chi connectivity index (χ4n) is 2.27. The third kappa shape index (κ3) is 5.08. The number of ether oxygens (including phenoxy) is 1. The van der Waals surface area contributed by atoms with Crippen LogP contribution in [0.25, 0.3) is 0 Å². The zero-order valence-electron chi connectivity index (χ0n) is 13.8. The quantitative estimate of drug-likeness (QED) is 0.721. The standard InChI is InChI=1S/C17H15ClF2N2O4S/c18-14-9-13(6-7-15(14)26-17(19)20)27(24,25)22-12-3-1-2-10(8-12)16(23)21-11-4-5-11/h1-3,6-9,11,17,22H,4-5H2,(H,21,23). The van der Waals surface area contributed by atoms with Gasteiger partial charge in [0.05, 0.1) is 9.92 Å². The number of carbonyl (C=O) groups excluding carboxylic acids is 1. The van der Waals surface area contributed by atoms with Gasteiger partial charge in [-0.3, -0.25) is 9.52 Å². The molecule has 1 saturated carbocycles. The Bertz CT molecular complexity index is 965. The fraction of sp³-hybridized carbons (Fsp3) is 0.235. The Hall–Kier alpha value is -2.39. The Morgan fingerprint density at radius 2 is 1.93 bits per heavy atom. The van der Waals surface area contributed by atoms with Crippen LogP contribution in [0.5, 0.6) is 5.75 Å². The average molecular weight is 417 g/mol. The lowest BCUT2D eigenvalue weighted by Gasteiger charge is -2.11. The number of alkyl halides is 2. The van der Waals surface area contributed by atoms with Crippen molar-refractivity contribution in [3.05, 3.63) is 53.1 Å². The molecule has 2 aromatic rings. The van der Waals surface area contributed by atoms with Crippen molar-refractivity contribution in [2.75, 3.05) is 4.72 Å². The summed E-state index contributed by atoms with van der Waals surface area (Å²) in [5.74, 6) is -0.612. The summed E-state index contributed by atoms with van der Waals surface area (Å²) in [5, 5.41) is 2.54. The van der Waals surface area contributed by atoms with Crippen LogP contribution in [0.4, 0.5) is 14.5 Å². The molecule has 2 N–H and O–H groups in total. The average Bonchev–Trinajstić information content (AvgIpc) is 3.40. The molecule has 1 aliphatic rings. The smallest absolute Gasteiger partial charge is 0.387 e. The minimum Gasteiger partial charge on any atom is -0.433 e. The second kappa shape index (κ2) is 7.69. The van der Waals surface area contributed by atoms with Gasteiger partial charge in [-0.25, -0.2) is 8.42 Å². The van der Waals surface area contributed by atoms with Crippen LogP contribution in [-0.4, -0.2) is 27.0 Å². The van der Waals surface area contributed by atoms with Crippen molar-refractivity contribution in [1.82, 2.24) is 5.32 Å². The Morgan fingerprint density at radius 1 is 1.19 bits per heavy atom. The lowest BCUT2D eigenvalue weighted by atomic mass is 10.2. The van der Waals surface area contributed by atoms with Gasteiger partial charge >= 0.3 is 6.61 Å². The van der Waals surface area contributed by atoms with Gasteiger partial charge in [-0.2, -0.15) is 8.78 Å². The first-order valence-corrected chi connectivity index (χ1v) is 9.79. The number of hydrogen-bond acceptors (Lipinski definition) is 4. The van der Waals surface area contributed by atoms with Crippen LogP contribution in [0.1, 0.15) is 23.2 Å². The van der Waals surface area contributed by atoms with E-state index < -0.39 is 16.6 Å². The Balaban J connectivity index is 1.78.